The van der Waals surface area contributed by atoms with Crippen LogP contribution in [0, 0.1) is 6.92 Å². The van der Waals surface area contributed by atoms with Crippen LogP contribution in [0.25, 0.3) is 0 Å². The van der Waals surface area contributed by atoms with Gasteiger partial charge in [-0.05, 0) is 33.3 Å². The van der Waals surface area contributed by atoms with Crippen molar-refractivity contribution < 1.29 is 23.9 Å². The number of carbonyl (C=O) groups is 2. The van der Waals surface area contributed by atoms with Gasteiger partial charge < -0.3 is 9.47 Å². The summed E-state index contributed by atoms with van der Waals surface area (Å²) in [6.07, 6.45) is -0.373. The van der Waals surface area contributed by atoms with Crippen molar-refractivity contribution in [2.24, 2.45) is 0 Å². The Morgan fingerprint density at radius 3 is 2.59 bits per heavy atom. The first kappa shape index (κ1) is 21.2. The Kier molecular flexibility index (Phi) is 6.84. The van der Waals surface area contributed by atoms with E-state index in [0.29, 0.717) is 19.6 Å². The summed E-state index contributed by atoms with van der Waals surface area (Å²) in [4.78, 5) is 31.6. The Morgan fingerprint density at radius 2 is 2.00 bits per heavy atom. The zero-order valence-corrected chi connectivity index (χ0v) is 17.0. The van der Waals surface area contributed by atoms with Crippen molar-refractivity contribution >= 4 is 12.0 Å². The third-order valence-corrected chi connectivity index (χ3v) is 4.33. The van der Waals surface area contributed by atoms with Gasteiger partial charge >= 0.3 is 6.09 Å². The molecular formula is C20H30N2O5. The van der Waals surface area contributed by atoms with E-state index >= 15 is 0 Å². The van der Waals surface area contributed by atoms with Gasteiger partial charge in [0.25, 0.3) is 5.91 Å². The second-order valence-electron chi connectivity index (χ2n) is 7.82. The molecule has 2 amide bonds. The Labute approximate surface area is 161 Å². The van der Waals surface area contributed by atoms with Crippen molar-refractivity contribution in [1.82, 2.24) is 9.96 Å². The molecule has 0 aliphatic carbocycles. The van der Waals surface area contributed by atoms with Crippen LogP contribution in [0.3, 0.4) is 0 Å². The maximum Gasteiger partial charge on any atom is 0.411 e. The lowest BCUT2D eigenvalue weighted by atomic mass is 10.1. The highest BCUT2D eigenvalue weighted by molar-refractivity contribution is 5.85. The molecule has 0 unspecified atom stereocenters. The van der Waals surface area contributed by atoms with Crippen LogP contribution in [0.5, 0.6) is 0 Å². The molecule has 0 spiro atoms. The number of hydroxylamine groups is 2. The molecule has 2 rings (SSSR count). The molecule has 0 bridgehead atoms. The first-order chi connectivity index (χ1) is 12.6. The minimum absolute atomic E-state index is 0.253. The minimum Gasteiger partial charge on any atom is -0.444 e. The summed E-state index contributed by atoms with van der Waals surface area (Å²) in [5.41, 5.74) is 1.58. The zero-order chi connectivity index (χ0) is 20.2. The number of aryl methyl sites for hydroxylation is 1. The zero-order valence-electron chi connectivity index (χ0n) is 17.0. The third kappa shape index (κ3) is 5.94. The van der Waals surface area contributed by atoms with E-state index in [1.807, 2.05) is 25.1 Å². The van der Waals surface area contributed by atoms with Crippen molar-refractivity contribution in [3.63, 3.8) is 0 Å². The molecule has 1 aliphatic heterocycles. The molecule has 1 saturated heterocycles. The van der Waals surface area contributed by atoms with Crippen molar-refractivity contribution in [3.05, 3.63) is 35.4 Å². The Balaban J connectivity index is 2.08. The van der Waals surface area contributed by atoms with Gasteiger partial charge in [-0.15, -0.1) is 0 Å². The van der Waals surface area contributed by atoms with Crippen LogP contribution >= 0.6 is 0 Å². The summed E-state index contributed by atoms with van der Waals surface area (Å²) in [5, 5.41) is 1.13. The molecule has 7 nitrogen and oxygen atoms in total. The second kappa shape index (κ2) is 8.71. The number of amides is 2. The molecule has 1 aromatic rings. The number of benzene rings is 1. The summed E-state index contributed by atoms with van der Waals surface area (Å²) in [6, 6.07) is 7.39. The van der Waals surface area contributed by atoms with Crippen molar-refractivity contribution in [2.45, 2.75) is 58.5 Å². The third-order valence-electron chi connectivity index (χ3n) is 4.33. The van der Waals surface area contributed by atoms with Crippen LogP contribution in [0.4, 0.5) is 4.79 Å². The topological polar surface area (TPSA) is 68.3 Å². The lowest BCUT2D eigenvalue weighted by Crippen LogP contribution is -2.47. The minimum atomic E-state index is -0.674. The van der Waals surface area contributed by atoms with Crippen molar-refractivity contribution in [2.75, 3.05) is 20.7 Å². The van der Waals surface area contributed by atoms with Gasteiger partial charge in [0.05, 0.1) is 26.4 Å². The largest absolute Gasteiger partial charge is 0.444 e. The van der Waals surface area contributed by atoms with Gasteiger partial charge in [0.2, 0.25) is 0 Å². The molecule has 0 saturated carbocycles. The molecular weight excluding hydrogens is 348 g/mol. The SMILES string of the molecule is CON(C)C(=O)[C@@H]1C[C@@H](OCc2cccc(C)c2)CN1C(=O)OC(C)(C)C. The fourth-order valence-electron chi connectivity index (χ4n) is 2.99. The van der Waals surface area contributed by atoms with Gasteiger partial charge in [0.1, 0.15) is 11.6 Å². The van der Waals surface area contributed by atoms with Crippen molar-refractivity contribution in [1.29, 1.82) is 0 Å². The van der Waals surface area contributed by atoms with Crippen LogP contribution in [0.1, 0.15) is 38.3 Å². The summed E-state index contributed by atoms with van der Waals surface area (Å²) >= 11 is 0. The van der Waals surface area contributed by atoms with E-state index in [0.717, 1.165) is 16.2 Å². The number of carbonyl (C=O) groups excluding carboxylic acids is 2. The molecule has 27 heavy (non-hydrogen) atoms. The number of hydrogen-bond donors (Lipinski definition) is 0. The van der Waals surface area contributed by atoms with Gasteiger partial charge in [-0.2, -0.15) is 0 Å². The lowest BCUT2D eigenvalue weighted by Gasteiger charge is -2.29. The fraction of sp³-hybridized carbons (Fsp3) is 0.600. The van der Waals surface area contributed by atoms with Gasteiger partial charge in [-0.3, -0.25) is 14.5 Å². The standard InChI is InChI=1S/C20H30N2O5/c1-14-8-7-9-15(10-14)13-26-16-11-17(18(23)21(5)25-6)22(12-16)19(24)27-20(2,3)4/h7-10,16-17H,11-13H2,1-6H3/t16-,17+/m1/s1. The van der Waals surface area contributed by atoms with Crippen LogP contribution in [-0.2, 0) is 25.7 Å². The Bertz CT molecular complexity index is 671. The predicted molar refractivity (Wildman–Crippen MR) is 101 cm³/mol. The molecule has 150 valence electrons. The average Bonchev–Trinajstić information content (AvgIpc) is 3.01. The van der Waals surface area contributed by atoms with E-state index in [2.05, 4.69) is 6.07 Å². The quantitative estimate of drug-likeness (QED) is 0.737. The van der Waals surface area contributed by atoms with E-state index in [-0.39, 0.29) is 12.0 Å². The first-order valence-corrected chi connectivity index (χ1v) is 9.09. The molecule has 1 aromatic carbocycles. The van der Waals surface area contributed by atoms with E-state index in [4.69, 9.17) is 14.3 Å². The van der Waals surface area contributed by atoms with Gasteiger partial charge in [-0.1, -0.05) is 29.8 Å². The average molecular weight is 378 g/mol. The number of rotatable bonds is 5. The number of ether oxygens (including phenoxy) is 2. The Morgan fingerprint density at radius 1 is 1.30 bits per heavy atom. The molecule has 0 N–H and O–H groups in total. The van der Waals surface area contributed by atoms with E-state index in [1.54, 1.807) is 20.8 Å². The summed E-state index contributed by atoms with van der Waals surface area (Å²) in [7, 11) is 2.94. The number of likely N-dealkylation sites (N-methyl/N-ethyl adjacent to an activating group) is 1. The highest BCUT2D eigenvalue weighted by atomic mass is 16.7. The molecule has 1 aliphatic rings. The Hall–Kier alpha value is -2.12. The van der Waals surface area contributed by atoms with Crippen LogP contribution < -0.4 is 0 Å². The molecule has 1 fully saturated rings. The molecule has 7 heteroatoms. The van der Waals surface area contributed by atoms with Crippen molar-refractivity contribution in [3.8, 4) is 0 Å². The predicted octanol–water partition coefficient (Wildman–Crippen LogP) is 2.91. The van der Waals surface area contributed by atoms with Crippen LogP contribution in [0.15, 0.2) is 24.3 Å². The summed E-state index contributed by atoms with van der Waals surface area (Å²) in [6.45, 7) is 8.14. The van der Waals surface area contributed by atoms with Gasteiger partial charge in [0, 0.05) is 13.5 Å². The smallest absolute Gasteiger partial charge is 0.411 e. The van der Waals surface area contributed by atoms with Gasteiger partial charge in [0.15, 0.2) is 0 Å². The highest BCUT2D eigenvalue weighted by Crippen LogP contribution is 2.25. The summed E-state index contributed by atoms with van der Waals surface area (Å²) in [5.74, 6) is -0.301. The van der Waals surface area contributed by atoms with Gasteiger partial charge in [-0.25, -0.2) is 9.86 Å². The van der Waals surface area contributed by atoms with E-state index in [9.17, 15) is 9.59 Å². The molecule has 2 atom stereocenters. The van der Waals surface area contributed by atoms with Crippen LogP contribution in [-0.4, -0.2) is 60.4 Å². The van der Waals surface area contributed by atoms with E-state index < -0.39 is 17.7 Å². The molecule has 1 heterocycles. The highest BCUT2D eigenvalue weighted by Gasteiger charge is 2.43. The normalized spacial score (nSPS) is 19.9. The van der Waals surface area contributed by atoms with Crippen LogP contribution in [0.2, 0.25) is 0 Å². The fourth-order valence-corrected chi connectivity index (χ4v) is 2.99. The molecule has 0 radical (unpaired) electrons. The maximum atomic E-state index is 12.6. The number of likely N-dealkylation sites (tertiary alicyclic amines) is 1. The number of hydrogen-bond acceptors (Lipinski definition) is 5. The first-order valence-electron chi connectivity index (χ1n) is 9.09. The molecule has 0 aromatic heterocycles. The maximum absolute atomic E-state index is 12.6. The summed E-state index contributed by atoms with van der Waals surface area (Å²) < 4.78 is 11.4. The monoisotopic (exact) mass is 378 g/mol. The number of nitrogens with zero attached hydrogens (tertiary/aromatic N) is 2. The lowest BCUT2D eigenvalue weighted by molar-refractivity contribution is -0.173. The van der Waals surface area contributed by atoms with E-state index in [1.165, 1.54) is 19.1 Å². The second-order valence-corrected chi connectivity index (χ2v) is 7.82.